The summed E-state index contributed by atoms with van der Waals surface area (Å²) >= 11 is 0. The third kappa shape index (κ3) is 4.91. The highest BCUT2D eigenvalue weighted by atomic mass is 16.5. The Kier molecular flexibility index (Phi) is 6.32. The molecule has 0 radical (unpaired) electrons. The number of hydrogen-bond acceptors (Lipinski definition) is 3. The highest BCUT2D eigenvalue weighted by Gasteiger charge is 2.11. The Balaban J connectivity index is 1.50. The zero-order chi connectivity index (χ0) is 19.9. The quantitative estimate of drug-likeness (QED) is 0.598. The molecule has 0 aliphatic carbocycles. The highest BCUT2D eigenvalue weighted by Crippen LogP contribution is 2.21. The Morgan fingerprint density at radius 2 is 1.86 bits per heavy atom. The molecule has 6 heteroatoms. The molecular formula is C22H24N2O4. The van der Waals surface area contributed by atoms with Gasteiger partial charge in [0.2, 0.25) is 5.91 Å². The monoisotopic (exact) mass is 380 g/mol. The Bertz CT molecular complexity index is 960. The molecule has 1 heterocycles. The number of carboxylic acids is 1. The molecule has 146 valence electrons. The smallest absolute Gasteiger partial charge is 0.341 e. The lowest BCUT2D eigenvalue weighted by Gasteiger charge is -2.07. The summed E-state index contributed by atoms with van der Waals surface area (Å²) in [4.78, 5) is 22.9. The predicted molar refractivity (Wildman–Crippen MR) is 108 cm³/mol. The van der Waals surface area contributed by atoms with E-state index in [1.54, 1.807) is 12.1 Å². The average Bonchev–Trinajstić information content (AvgIpc) is 3.05. The van der Waals surface area contributed by atoms with Crippen LogP contribution in [0.25, 0.3) is 10.9 Å². The molecule has 0 atom stereocenters. The highest BCUT2D eigenvalue weighted by molar-refractivity contribution is 5.89. The van der Waals surface area contributed by atoms with Crippen molar-refractivity contribution in [3.8, 4) is 5.75 Å². The molecule has 2 N–H and O–H groups in total. The first-order chi connectivity index (χ1) is 13.6. The normalized spacial score (nSPS) is 10.8. The van der Waals surface area contributed by atoms with Gasteiger partial charge in [-0.25, -0.2) is 4.79 Å². The first-order valence-electron chi connectivity index (χ1n) is 9.33. The lowest BCUT2D eigenvalue weighted by molar-refractivity contribution is -0.139. The molecule has 2 aromatic carbocycles. The van der Waals surface area contributed by atoms with Gasteiger partial charge in [-0.1, -0.05) is 30.3 Å². The van der Waals surface area contributed by atoms with Gasteiger partial charge in [0.15, 0.2) is 6.61 Å². The van der Waals surface area contributed by atoms with E-state index in [1.807, 2.05) is 24.3 Å². The number of carbonyl (C=O) groups is 2. The lowest BCUT2D eigenvalue weighted by Crippen LogP contribution is -2.27. The van der Waals surface area contributed by atoms with E-state index < -0.39 is 5.97 Å². The Labute approximate surface area is 163 Å². The van der Waals surface area contributed by atoms with Gasteiger partial charge in [0.05, 0.1) is 6.42 Å². The first kappa shape index (κ1) is 19.5. The summed E-state index contributed by atoms with van der Waals surface area (Å²) < 4.78 is 7.27. The van der Waals surface area contributed by atoms with E-state index in [0.29, 0.717) is 25.1 Å². The van der Waals surface area contributed by atoms with Crippen LogP contribution in [0.4, 0.5) is 0 Å². The number of amides is 1. The van der Waals surface area contributed by atoms with E-state index in [0.717, 1.165) is 28.6 Å². The maximum absolute atomic E-state index is 12.4. The van der Waals surface area contributed by atoms with Gasteiger partial charge < -0.3 is 19.7 Å². The van der Waals surface area contributed by atoms with E-state index >= 15 is 0 Å². The van der Waals surface area contributed by atoms with Gasteiger partial charge in [0.25, 0.3) is 0 Å². The molecule has 1 amide bonds. The maximum Gasteiger partial charge on any atom is 0.341 e. The van der Waals surface area contributed by atoms with Crippen LogP contribution in [0.15, 0.2) is 54.7 Å². The molecule has 6 nitrogen and oxygen atoms in total. The Morgan fingerprint density at radius 3 is 2.57 bits per heavy atom. The van der Waals surface area contributed by atoms with Crippen LogP contribution in [0.5, 0.6) is 5.75 Å². The van der Waals surface area contributed by atoms with Crippen LogP contribution in [-0.4, -0.2) is 34.7 Å². The number of nitrogens with zero attached hydrogens (tertiary/aromatic N) is 1. The molecule has 0 fully saturated rings. The van der Waals surface area contributed by atoms with E-state index in [4.69, 9.17) is 9.84 Å². The number of nitrogens with one attached hydrogen (secondary N) is 1. The number of hydrogen-bond donors (Lipinski definition) is 2. The summed E-state index contributed by atoms with van der Waals surface area (Å²) in [7, 11) is 0. The number of fused-ring (bicyclic) bond motifs is 1. The molecule has 1 aromatic heterocycles. The second kappa shape index (κ2) is 9.08. The number of carbonyl (C=O) groups excluding carboxylic acids is 1. The number of benzene rings is 2. The van der Waals surface area contributed by atoms with Gasteiger partial charge in [-0.05, 0) is 42.7 Å². The zero-order valence-corrected chi connectivity index (χ0v) is 15.9. The third-order valence-corrected chi connectivity index (χ3v) is 4.58. The van der Waals surface area contributed by atoms with Gasteiger partial charge in [-0.3, -0.25) is 4.79 Å². The number of aryl methyl sites for hydroxylation is 1. The number of para-hydroxylation sites is 1. The maximum atomic E-state index is 12.4. The van der Waals surface area contributed by atoms with Crippen molar-refractivity contribution < 1.29 is 19.4 Å². The fourth-order valence-electron chi connectivity index (χ4n) is 3.20. The largest absolute Gasteiger partial charge is 0.482 e. The van der Waals surface area contributed by atoms with Crippen LogP contribution < -0.4 is 10.1 Å². The lowest BCUT2D eigenvalue weighted by atomic mass is 10.1. The van der Waals surface area contributed by atoms with E-state index in [1.165, 1.54) is 0 Å². The van der Waals surface area contributed by atoms with E-state index in [2.05, 4.69) is 35.1 Å². The van der Waals surface area contributed by atoms with Gasteiger partial charge >= 0.3 is 5.97 Å². The van der Waals surface area contributed by atoms with Crippen LogP contribution in [0.2, 0.25) is 0 Å². The third-order valence-electron chi connectivity index (χ3n) is 4.58. The van der Waals surface area contributed by atoms with Crippen molar-refractivity contribution in [2.24, 2.45) is 0 Å². The SMILES string of the molecule is CCn1cc(CC(=O)NCCc2ccc(OCC(=O)O)cc2)c2ccccc21. The summed E-state index contributed by atoms with van der Waals surface area (Å²) in [6.45, 7) is 3.15. The molecule has 3 rings (SSSR count). The molecule has 0 unspecified atom stereocenters. The zero-order valence-electron chi connectivity index (χ0n) is 15.9. The van der Waals surface area contributed by atoms with Crippen molar-refractivity contribution in [1.29, 1.82) is 0 Å². The van der Waals surface area contributed by atoms with Crippen molar-refractivity contribution in [2.45, 2.75) is 26.3 Å². The summed E-state index contributed by atoms with van der Waals surface area (Å²) in [6.07, 6.45) is 3.11. The summed E-state index contributed by atoms with van der Waals surface area (Å²) in [5, 5.41) is 12.7. The Morgan fingerprint density at radius 1 is 1.11 bits per heavy atom. The van der Waals surface area contributed by atoms with Crippen molar-refractivity contribution in [3.63, 3.8) is 0 Å². The van der Waals surface area contributed by atoms with Crippen molar-refractivity contribution in [1.82, 2.24) is 9.88 Å². The number of aliphatic carboxylic acids is 1. The van der Waals surface area contributed by atoms with Crippen LogP contribution >= 0.6 is 0 Å². The van der Waals surface area contributed by atoms with Crippen molar-refractivity contribution >= 4 is 22.8 Å². The number of ether oxygens (including phenoxy) is 1. The minimum Gasteiger partial charge on any atom is -0.482 e. The average molecular weight is 380 g/mol. The molecular weight excluding hydrogens is 356 g/mol. The van der Waals surface area contributed by atoms with Crippen molar-refractivity contribution in [3.05, 3.63) is 65.9 Å². The molecule has 0 aliphatic heterocycles. The standard InChI is InChI=1S/C22H24N2O4/c1-2-24-14-17(19-5-3-4-6-20(19)24)13-21(25)23-12-11-16-7-9-18(10-8-16)28-15-22(26)27/h3-10,14H,2,11-13,15H2,1H3,(H,23,25)(H,26,27). The second-order valence-electron chi connectivity index (χ2n) is 6.56. The minimum absolute atomic E-state index is 0.000387. The van der Waals surface area contributed by atoms with E-state index in [-0.39, 0.29) is 12.5 Å². The summed E-state index contributed by atoms with van der Waals surface area (Å²) in [6, 6.07) is 15.3. The number of rotatable bonds is 9. The van der Waals surface area contributed by atoms with Gasteiger partial charge in [0.1, 0.15) is 5.75 Å². The Hall–Kier alpha value is -3.28. The molecule has 0 aliphatic rings. The van der Waals surface area contributed by atoms with Crippen molar-refractivity contribution in [2.75, 3.05) is 13.2 Å². The van der Waals surface area contributed by atoms with Gasteiger partial charge in [-0.2, -0.15) is 0 Å². The molecule has 0 saturated heterocycles. The second-order valence-corrected chi connectivity index (χ2v) is 6.56. The fourth-order valence-corrected chi connectivity index (χ4v) is 3.20. The number of aromatic nitrogens is 1. The molecule has 0 bridgehead atoms. The molecule has 0 spiro atoms. The van der Waals surface area contributed by atoms with Crippen LogP contribution in [0, 0.1) is 0 Å². The fraction of sp³-hybridized carbons (Fsp3) is 0.273. The van der Waals surface area contributed by atoms with Crippen LogP contribution in [0.3, 0.4) is 0 Å². The number of carboxylic acid groups (broad SMARTS) is 1. The molecule has 3 aromatic rings. The van der Waals surface area contributed by atoms with Gasteiger partial charge in [-0.15, -0.1) is 0 Å². The summed E-state index contributed by atoms with van der Waals surface area (Å²) in [5.74, 6) is -0.489. The minimum atomic E-state index is -1.01. The summed E-state index contributed by atoms with van der Waals surface area (Å²) in [5.41, 5.74) is 3.23. The first-order valence-corrected chi connectivity index (χ1v) is 9.33. The predicted octanol–water partition coefficient (Wildman–Crippen LogP) is 3.03. The topological polar surface area (TPSA) is 80.6 Å². The van der Waals surface area contributed by atoms with E-state index in [9.17, 15) is 9.59 Å². The van der Waals surface area contributed by atoms with Gasteiger partial charge in [0, 0.05) is 30.2 Å². The van der Waals surface area contributed by atoms with Crippen LogP contribution in [-0.2, 0) is 29.0 Å². The molecule has 28 heavy (non-hydrogen) atoms. The van der Waals surface area contributed by atoms with Crippen LogP contribution in [0.1, 0.15) is 18.1 Å². The molecule has 0 saturated carbocycles.